The fraction of sp³-hybridized carbons (Fsp3) is 0.276. The van der Waals surface area contributed by atoms with Crippen LogP contribution in [0.3, 0.4) is 0 Å². The Morgan fingerprint density at radius 3 is 2.31 bits per heavy atom. The second-order valence-electron chi connectivity index (χ2n) is 9.44. The molecular weight excluding hydrogens is 450 g/mol. The zero-order valence-corrected chi connectivity index (χ0v) is 20.9. The van der Waals surface area contributed by atoms with Gasteiger partial charge >= 0.3 is 0 Å². The number of nitrogens with zero attached hydrogens (tertiary/aromatic N) is 4. The first kappa shape index (κ1) is 23.8. The lowest BCUT2D eigenvalue weighted by Gasteiger charge is -2.37. The molecule has 1 atom stereocenters. The third-order valence-electron chi connectivity index (χ3n) is 6.96. The first-order chi connectivity index (χ1) is 17.4. The van der Waals surface area contributed by atoms with Crippen molar-refractivity contribution < 1.29 is 9.90 Å². The summed E-state index contributed by atoms with van der Waals surface area (Å²) in [5.74, 6) is 1.19. The van der Waals surface area contributed by atoms with Crippen molar-refractivity contribution in [3.8, 4) is 16.9 Å². The lowest BCUT2D eigenvalue weighted by atomic mass is 9.99. The van der Waals surface area contributed by atoms with Crippen LogP contribution in [0.5, 0.6) is 5.75 Å². The monoisotopic (exact) mass is 481 g/mol. The molecule has 5 rings (SSSR count). The highest BCUT2D eigenvalue weighted by Crippen LogP contribution is 2.30. The molecule has 36 heavy (non-hydrogen) atoms. The smallest absolute Gasteiger partial charge is 0.241 e. The molecule has 0 bridgehead atoms. The Kier molecular flexibility index (Phi) is 6.57. The Bertz CT molecular complexity index is 1370. The normalized spacial score (nSPS) is 15.1. The van der Waals surface area contributed by atoms with Gasteiger partial charge in [0.2, 0.25) is 5.91 Å². The summed E-state index contributed by atoms with van der Waals surface area (Å²) >= 11 is 0. The van der Waals surface area contributed by atoms with Crippen LogP contribution in [-0.2, 0) is 4.79 Å². The molecule has 2 heterocycles. The van der Waals surface area contributed by atoms with E-state index in [-0.39, 0.29) is 11.9 Å². The number of nitrogens with one attached hydrogen (secondary N) is 1. The number of carbonyl (C=O) groups excluding carboxylic acids is 1. The first-order valence-electron chi connectivity index (χ1n) is 12.3. The van der Waals surface area contributed by atoms with Gasteiger partial charge in [0.25, 0.3) is 0 Å². The minimum Gasteiger partial charge on any atom is -0.507 e. The third kappa shape index (κ3) is 4.88. The van der Waals surface area contributed by atoms with E-state index in [1.54, 1.807) is 0 Å². The number of benzene rings is 3. The van der Waals surface area contributed by atoms with Crippen molar-refractivity contribution in [2.75, 3.05) is 36.4 Å². The van der Waals surface area contributed by atoms with Crippen LogP contribution in [0.4, 0.5) is 11.5 Å². The molecule has 184 valence electrons. The highest BCUT2D eigenvalue weighted by atomic mass is 16.3. The molecule has 7 heteroatoms. The lowest BCUT2D eigenvalue weighted by molar-refractivity contribution is -0.120. The van der Waals surface area contributed by atoms with E-state index >= 15 is 0 Å². The largest absolute Gasteiger partial charge is 0.507 e. The number of aryl methyl sites for hydroxylation is 2. The average molecular weight is 482 g/mol. The van der Waals surface area contributed by atoms with E-state index in [0.29, 0.717) is 5.75 Å². The maximum atomic E-state index is 12.7. The van der Waals surface area contributed by atoms with Gasteiger partial charge in [0.15, 0.2) is 0 Å². The van der Waals surface area contributed by atoms with Crippen LogP contribution in [0.25, 0.3) is 22.2 Å². The second kappa shape index (κ2) is 9.95. The molecule has 0 spiro atoms. The van der Waals surface area contributed by atoms with E-state index < -0.39 is 0 Å². The molecule has 2 N–H and O–H groups in total. The van der Waals surface area contributed by atoms with Gasteiger partial charge in [-0.1, -0.05) is 24.3 Å². The van der Waals surface area contributed by atoms with Gasteiger partial charge in [0.1, 0.15) is 11.6 Å². The molecule has 0 radical (unpaired) electrons. The quantitative estimate of drug-likeness (QED) is 0.427. The molecule has 1 saturated heterocycles. The summed E-state index contributed by atoms with van der Waals surface area (Å²) in [4.78, 5) is 26.7. The SMILES string of the molecule is Cc1cc(-c2ccc3ncc(N4CCN(C(C)C(=O)Nc5ccccc5)CC4)nc3c2)cc(C)c1O. The number of rotatable bonds is 5. The van der Waals surface area contributed by atoms with E-state index in [2.05, 4.69) is 26.2 Å². The summed E-state index contributed by atoms with van der Waals surface area (Å²) in [6, 6.07) is 19.4. The molecule has 1 fully saturated rings. The van der Waals surface area contributed by atoms with Crippen LogP contribution in [0, 0.1) is 13.8 Å². The predicted molar refractivity (Wildman–Crippen MR) is 144 cm³/mol. The first-order valence-corrected chi connectivity index (χ1v) is 12.3. The minimum atomic E-state index is -0.213. The zero-order chi connectivity index (χ0) is 25.2. The van der Waals surface area contributed by atoms with Crippen LogP contribution in [0.2, 0.25) is 0 Å². The maximum absolute atomic E-state index is 12.7. The van der Waals surface area contributed by atoms with Crippen LogP contribution in [0.15, 0.2) is 66.9 Å². The van der Waals surface area contributed by atoms with Crippen molar-refractivity contribution in [1.82, 2.24) is 14.9 Å². The van der Waals surface area contributed by atoms with Crippen molar-refractivity contribution in [3.63, 3.8) is 0 Å². The summed E-state index contributed by atoms with van der Waals surface area (Å²) in [5.41, 5.74) is 6.31. The fourth-order valence-electron chi connectivity index (χ4n) is 4.73. The van der Waals surface area contributed by atoms with Crippen molar-refractivity contribution in [2.24, 2.45) is 0 Å². The number of phenolic OH excluding ortho intramolecular Hbond substituents is 1. The number of phenols is 1. The third-order valence-corrected chi connectivity index (χ3v) is 6.96. The van der Waals surface area contributed by atoms with Gasteiger partial charge in [0.05, 0.1) is 23.3 Å². The summed E-state index contributed by atoms with van der Waals surface area (Å²) in [5, 5.41) is 13.1. The average Bonchev–Trinajstić information content (AvgIpc) is 2.91. The highest BCUT2D eigenvalue weighted by molar-refractivity contribution is 5.94. The summed E-state index contributed by atoms with van der Waals surface area (Å²) in [6.45, 7) is 8.88. The van der Waals surface area contributed by atoms with E-state index in [1.165, 1.54) is 0 Å². The Hall–Kier alpha value is -3.97. The molecule has 0 aliphatic carbocycles. The van der Waals surface area contributed by atoms with Crippen molar-refractivity contribution >= 4 is 28.4 Å². The standard InChI is InChI=1S/C29H31N5O2/c1-19-15-23(16-20(2)28(19)35)22-9-10-25-26(17-22)32-27(18-30-25)34-13-11-33(12-14-34)21(3)29(36)31-24-7-5-4-6-8-24/h4-10,15-18,21,35H,11-14H2,1-3H3,(H,31,36). The Balaban J connectivity index is 1.28. The topological polar surface area (TPSA) is 81.6 Å². The van der Waals surface area contributed by atoms with E-state index in [1.807, 2.05) is 81.6 Å². The number of aromatic hydroxyl groups is 1. The van der Waals surface area contributed by atoms with E-state index in [0.717, 1.165) is 71.0 Å². The van der Waals surface area contributed by atoms with Crippen molar-refractivity contribution in [3.05, 3.63) is 78.0 Å². The lowest BCUT2D eigenvalue weighted by Crippen LogP contribution is -2.53. The number of carbonyl (C=O) groups is 1. The molecule has 1 aromatic heterocycles. The summed E-state index contributed by atoms with van der Waals surface area (Å²) in [7, 11) is 0. The molecule has 1 aliphatic heterocycles. The number of hydrogen-bond donors (Lipinski definition) is 2. The highest BCUT2D eigenvalue weighted by Gasteiger charge is 2.26. The van der Waals surface area contributed by atoms with Crippen molar-refractivity contribution in [1.29, 1.82) is 0 Å². The van der Waals surface area contributed by atoms with Crippen LogP contribution in [0.1, 0.15) is 18.1 Å². The van der Waals surface area contributed by atoms with Gasteiger partial charge in [0, 0.05) is 31.9 Å². The zero-order valence-electron chi connectivity index (χ0n) is 20.9. The maximum Gasteiger partial charge on any atom is 0.241 e. The number of fused-ring (bicyclic) bond motifs is 1. The fourth-order valence-corrected chi connectivity index (χ4v) is 4.73. The van der Waals surface area contributed by atoms with Gasteiger partial charge in [-0.3, -0.25) is 14.7 Å². The van der Waals surface area contributed by atoms with Gasteiger partial charge in [-0.25, -0.2) is 4.98 Å². The Morgan fingerprint density at radius 1 is 0.917 bits per heavy atom. The van der Waals surface area contributed by atoms with Crippen LogP contribution < -0.4 is 10.2 Å². The number of hydrogen-bond acceptors (Lipinski definition) is 6. The number of anilines is 2. The van der Waals surface area contributed by atoms with Crippen LogP contribution in [-0.4, -0.2) is 58.1 Å². The van der Waals surface area contributed by atoms with Gasteiger partial charge in [-0.05, 0) is 79.4 Å². The van der Waals surface area contributed by atoms with E-state index in [9.17, 15) is 9.90 Å². The molecule has 3 aromatic carbocycles. The van der Waals surface area contributed by atoms with Gasteiger partial charge < -0.3 is 15.3 Å². The minimum absolute atomic E-state index is 0.00683. The van der Waals surface area contributed by atoms with Crippen molar-refractivity contribution in [2.45, 2.75) is 26.8 Å². The number of amides is 1. The molecule has 1 aliphatic rings. The second-order valence-corrected chi connectivity index (χ2v) is 9.44. The Morgan fingerprint density at radius 2 is 1.61 bits per heavy atom. The van der Waals surface area contributed by atoms with E-state index in [4.69, 9.17) is 4.98 Å². The van der Waals surface area contributed by atoms with Gasteiger partial charge in [-0.2, -0.15) is 0 Å². The molecule has 7 nitrogen and oxygen atoms in total. The molecule has 0 saturated carbocycles. The molecule has 4 aromatic rings. The van der Waals surface area contributed by atoms with Crippen LogP contribution >= 0.6 is 0 Å². The number of aromatic nitrogens is 2. The predicted octanol–water partition coefficient (Wildman–Crippen LogP) is 4.77. The molecule has 1 amide bonds. The summed E-state index contributed by atoms with van der Waals surface area (Å²) in [6.07, 6.45) is 1.83. The molecule has 1 unspecified atom stereocenters. The number of piperazine rings is 1. The number of para-hydroxylation sites is 1. The summed E-state index contributed by atoms with van der Waals surface area (Å²) < 4.78 is 0. The van der Waals surface area contributed by atoms with Gasteiger partial charge in [-0.15, -0.1) is 0 Å². The molecular formula is C29H31N5O2. The Labute approximate surface area is 211 Å².